The van der Waals surface area contributed by atoms with E-state index < -0.39 is 24.5 Å². The van der Waals surface area contributed by atoms with Gasteiger partial charge in [0.25, 0.3) is 0 Å². The Morgan fingerprint density at radius 1 is 1.36 bits per heavy atom. The molecule has 0 aliphatic heterocycles. The summed E-state index contributed by atoms with van der Waals surface area (Å²) < 4.78 is 0. The average molecular weight is 160 g/mol. The van der Waals surface area contributed by atoms with E-state index in [2.05, 4.69) is 10.4 Å². The topological polar surface area (TPSA) is 96.2 Å². The quantitative estimate of drug-likeness (QED) is 0.596. The minimum atomic E-state index is -1.44. The van der Waals surface area contributed by atoms with Gasteiger partial charge in [-0.3, -0.25) is 4.79 Å². The van der Waals surface area contributed by atoms with Gasteiger partial charge in [0.15, 0.2) is 0 Å². The van der Waals surface area contributed by atoms with Gasteiger partial charge in [-0.05, 0) is 6.92 Å². The molecule has 0 radical (unpaired) electrons. The van der Waals surface area contributed by atoms with Gasteiger partial charge in [-0.1, -0.05) is 10.4 Å². The number of carboxylic acids is 1. The van der Waals surface area contributed by atoms with Crippen LogP contribution < -0.4 is 0 Å². The Balaban J connectivity index is 4.35. The molecule has 62 valence electrons. The molecule has 0 aliphatic carbocycles. The van der Waals surface area contributed by atoms with E-state index in [9.17, 15) is 14.6 Å². The maximum Gasteiger partial charge on any atom is 0.313 e. The van der Waals surface area contributed by atoms with Crippen LogP contribution in [0.2, 0.25) is 0 Å². The molecule has 0 heterocycles. The predicted octanol–water partition coefficient (Wildman–Crippen LogP) is 0.610. The molecule has 0 aromatic carbocycles. The largest absolute Gasteiger partial charge is 0.481 e. The molecule has 0 saturated heterocycles. The fourth-order valence-corrected chi connectivity index (χ4v) is 0.470. The van der Waals surface area contributed by atoms with Gasteiger partial charge < -0.3 is 5.11 Å². The molecule has 0 bridgehead atoms. The van der Waals surface area contributed by atoms with Crippen molar-refractivity contribution in [2.75, 3.05) is 13.1 Å². The standard InChI is InChI=1S/C5H8N2O4/c1-5(2-6-10,3-7-11)4(8)9/h2-3H2,1H3,(H,8,9). The summed E-state index contributed by atoms with van der Waals surface area (Å²) in [6.07, 6.45) is 0. The molecular formula is C5H8N2O4. The first kappa shape index (κ1) is 9.67. The highest BCUT2D eigenvalue weighted by Crippen LogP contribution is 2.17. The molecular weight excluding hydrogens is 152 g/mol. The van der Waals surface area contributed by atoms with E-state index in [1.165, 1.54) is 6.92 Å². The molecule has 0 aromatic rings. The minimum absolute atomic E-state index is 0.436. The molecule has 1 N–H and O–H groups in total. The highest BCUT2D eigenvalue weighted by atomic mass is 16.4. The Labute approximate surface area is 62.5 Å². The Morgan fingerprint density at radius 2 is 1.73 bits per heavy atom. The van der Waals surface area contributed by atoms with Gasteiger partial charge in [-0.25, -0.2) is 0 Å². The molecule has 0 fully saturated rings. The minimum Gasteiger partial charge on any atom is -0.481 e. The number of carbonyl (C=O) groups is 1. The van der Waals surface area contributed by atoms with Gasteiger partial charge >= 0.3 is 5.97 Å². The average Bonchev–Trinajstić information content (AvgIpc) is 1.88. The van der Waals surface area contributed by atoms with Crippen molar-refractivity contribution in [1.82, 2.24) is 0 Å². The van der Waals surface area contributed by atoms with Crippen molar-refractivity contribution in [3.05, 3.63) is 9.81 Å². The number of aliphatic carboxylic acids is 1. The third kappa shape index (κ3) is 2.40. The summed E-state index contributed by atoms with van der Waals surface area (Å²) in [7, 11) is 0. The van der Waals surface area contributed by atoms with Crippen molar-refractivity contribution < 1.29 is 9.90 Å². The van der Waals surface area contributed by atoms with Gasteiger partial charge in [0.1, 0.15) is 5.41 Å². The van der Waals surface area contributed by atoms with Crippen LogP contribution in [-0.2, 0) is 4.79 Å². The van der Waals surface area contributed by atoms with E-state index in [4.69, 9.17) is 5.11 Å². The summed E-state index contributed by atoms with van der Waals surface area (Å²) in [5, 5.41) is 13.3. The van der Waals surface area contributed by atoms with Crippen LogP contribution >= 0.6 is 0 Å². The first-order chi connectivity index (χ1) is 5.06. The molecule has 11 heavy (non-hydrogen) atoms. The third-order valence-electron chi connectivity index (χ3n) is 1.34. The van der Waals surface area contributed by atoms with Gasteiger partial charge in [-0.2, -0.15) is 9.81 Å². The van der Waals surface area contributed by atoms with Crippen molar-refractivity contribution in [2.45, 2.75) is 6.92 Å². The second-order valence-corrected chi connectivity index (χ2v) is 2.44. The first-order valence-electron chi connectivity index (χ1n) is 2.88. The molecule has 6 heteroatoms. The smallest absolute Gasteiger partial charge is 0.313 e. The van der Waals surface area contributed by atoms with Crippen molar-refractivity contribution in [2.24, 2.45) is 15.8 Å². The molecule has 0 atom stereocenters. The molecule has 0 rings (SSSR count). The van der Waals surface area contributed by atoms with Gasteiger partial charge in [0, 0.05) is 0 Å². The fourth-order valence-electron chi connectivity index (χ4n) is 0.470. The third-order valence-corrected chi connectivity index (χ3v) is 1.34. The maximum absolute atomic E-state index is 10.4. The zero-order valence-electron chi connectivity index (χ0n) is 5.98. The van der Waals surface area contributed by atoms with Gasteiger partial charge in [0.2, 0.25) is 0 Å². The van der Waals surface area contributed by atoms with E-state index >= 15 is 0 Å². The summed E-state index contributed by atoms with van der Waals surface area (Å²) in [5.74, 6) is -1.24. The van der Waals surface area contributed by atoms with Crippen molar-refractivity contribution in [1.29, 1.82) is 0 Å². The molecule has 0 spiro atoms. The number of nitrogens with zero attached hydrogens (tertiary/aromatic N) is 2. The molecule has 0 aromatic heterocycles. The van der Waals surface area contributed by atoms with E-state index in [1.54, 1.807) is 0 Å². The number of carboxylic acid groups (broad SMARTS) is 1. The van der Waals surface area contributed by atoms with Crippen molar-refractivity contribution in [3.63, 3.8) is 0 Å². The number of nitroso groups, excluding NO2 is 2. The summed E-state index contributed by atoms with van der Waals surface area (Å²) in [5.41, 5.74) is -1.44. The van der Waals surface area contributed by atoms with Crippen LogP contribution in [0.4, 0.5) is 0 Å². The second kappa shape index (κ2) is 3.75. The zero-order chi connectivity index (χ0) is 8.91. The second-order valence-electron chi connectivity index (χ2n) is 2.44. The van der Waals surface area contributed by atoms with Crippen LogP contribution in [-0.4, -0.2) is 24.2 Å². The highest BCUT2D eigenvalue weighted by Gasteiger charge is 2.34. The SMILES string of the molecule is CC(CN=O)(CN=O)C(=O)O. The molecule has 6 nitrogen and oxygen atoms in total. The maximum atomic E-state index is 10.4. The Hall–Kier alpha value is -1.33. The van der Waals surface area contributed by atoms with E-state index in [0.29, 0.717) is 0 Å². The summed E-state index contributed by atoms with van der Waals surface area (Å²) in [6.45, 7) is 0.375. The lowest BCUT2D eigenvalue weighted by Gasteiger charge is -2.15. The molecule has 0 amide bonds. The fraction of sp³-hybridized carbons (Fsp3) is 0.800. The normalized spacial score (nSPS) is 10.6. The van der Waals surface area contributed by atoms with Crippen LogP contribution in [0.1, 0.15) is 6.92 Å². The van der Waals surface area contributed by atoms with Crippen LogP contribution in [0.25, 0.3) is 0 Å². The predicted molar refractivity (Wildman–Crippen MR) is 37.1 cm³/mol. The van der Waals surface area contributed by atoms with Crippen molar-refractivity contribution in [3.8, 4) is 0 Å². The first-order valence-corrected chi connectivity index (χ1v) is 2.88. The van der Waals surface area contributed by atoms with Crippen molar-refractivity contribution >= 4 is 5.97 Å². The van der Waals surface area contributed by atoms with E-state index in [0.717, 1.165) is 0 Å². The Bertz CT molecular complexity index is 169. The summed E-state index contributed by atoms with van der Waals surface area (Å²) in [6, 6.07) is 0. The number of hydrogen-bond acceptors (Lipinski definition) is 5. The Morgan fingerprint density at radius 3 is 1.91 bits per heavy atom. The van der Waals surface area contributed by atoms with Gasteiger partial charge in [0.05, 0.1) is 13.1 Å². The number of hydrogen-bond donors (Lipinski definition) is 1. The molecule has 0 aliphatic rings. The van der Waals surface area contributed by atoms with Crippen LogP contribution in [0.5, 0.6) is 0 Å². The monoisotopic (exact) mass is 160 g/mol. The van der Waals surface area contributed by atoms with Crippen LogP contribution in [0.3, 0.4) is 0 Å². The summed E-state index contributed by atoms with van der Waals surface area (Å²) >= 11 is 0. The lowest BCUT2D eigenvalue weighted by atomic mass is 9.91. The van der Waals surface area contributed by atoms with Gasteiger partial charge in [-0.15, -0.1) is 0 Å². The molecule has 0 unspecified atom stereocenters. The lowest BCUT2D eigenvalue weighted by molar-refractivity contribution is -0.146. The zero-order valence-corrected chi connectivity index (χ0v) is 5.98. The van der Waals surface area contributed by atoms with Crippen LogP contribution in [0, 0.1) is 15.2 Å². The van der Waals surface area contributed by atoms with E-state index in [-0.39, 0.29) is 0 Å². The Kier molecular flexibility index (Phi) is 3.29. The lowest BCUT2D eigenvalue weighted by Crippen LogP contribution is -2.33. The highest BCUT2D eigenvalue weighted by molar-refractivity contribution is 5.74. The van der Waals surface area contributed by atoms with Crippen LogP contribution in [0.15, 0.2) is 10.4 Å². The van der Waals surface area contributed by atoms with E-state index in [1.807, 2.05) is 0 Å². The summed E-state index contributed by atoms with van der Waals surface area (Å²) in [4.78, 5) is 29.9. The number of rotatable bonds is 5. The molecule has 0 saturated carbocycles.